The van der Waals surface area contributed by atoms with E-state index in [1.54, 1.807) is 18.2 Å². The molecular weight excluding hydrogens is 266 g/mol. The fraction of sp³-hybridized carbons (Fsp3) is 0.385. The van der Waals surface area contributed by atoms with Gasteiger partial charge in [0.05, 0.1) is 5.69 Å². The summed E-state index contributed by atoms with van der Waals surface area (Å²) >= 11 is 5.90. The Bertz CT molecular complexity index is 485. The first kappa shape index (κ1) is 15.3. The Labute approximate surface area is 117 Å². The second-order valence-electron chi connectivity index (χ2n) is 4.18. The lowest BCUT2D eigenvalue weighted by atomic mass is 10.0. The van der Waals surface area contributed by atoms with E-state index in [1.165, 1.54) is 0 Å². The normalized spacial score (nSPS) is 11.7. The van der Waals surface area contributed by atoms with E-state index in [1.807, 2.05) is 13.8 Å². The van der Waals surface area contributed by atoms with Crippen LogP contribution in [0.15, 0.2) is 23.4 Å². The minimum Gasteiger partial charge on any atom is -0.409 e. The number of nitrogens with two attached hydrogens (primary N) is 1. The average molecular weight is 284 g/mol. The number of oxime groups is 1. The molecule has 0 aliphatic heterocycles. The summed E-state index contributed by atoms with van der Waals surface area (Å²) < 4.78 is 0. The lowest BCUT2D eigenvalue weighted by Gasteiger charge is -2.15. The summed E-state index contributed by atoms with van der Waals surface area (Å²) in [6, 6.07) is 4.79. The lowest BCUT2D eigenvalue weighted by molar-refractivity contribution is -0.120. The van der Waals surface area contributed by atoms with Gasteiger partial charge >= 0.3 is 0 Å². The molecule has 0 radical (unpaired) electrons. The third-order valence-electron chi connectivity index (χ3n) is 2.98. The first-order chi connectivity index (χ1) is 9.03. The Morgan fingerprint density at radius 2 is 2.11 bits per heavy atom. The number of halogens is 1. The molecule has 1 aromatic carbocycles. The molecule has 0 aromatic heterocycles. The number of rotatable bonds is 5. The van der Waals surface area contributed by atoms with Crippen LogP contribution in [0.25, 0.3) is 0 Å². The van der Waals surface area contributed by atoms with Crippen LogP contribution in [0.5, 0.6) is 0 Å². The van der Waals surface area contributed by atoms with Gasteiger partial charge in [0, 0.05) is 16.5 Å². The predicted octanol–water partition coefficient (Wildman–Crippen LogP) is 2.81. The third-order valence-corrected chi connectivity index (χ3v) is 3.21. The predicted molar refractivity (Wildman–Crippen MR) is 76.7 cm³/mol. The van der Waals surface area contributed by atoms with Gasteiger partial charge in [-0.3, -0.25) is 4.79 Å². The molecule has 104 valence electrons. The Hall–Kier alpha value is -1.75. The van der Waals surface area contributed by atoms with Gasteiger partial charge in [-0.05, 0) is 31.0 Å². The number of nitrogens with zero attached hydrogens (tertiary/aromatic N) is 1. The number of amidine groups is 1. The van der Waals surface area contributed by atoms with Crippen LogP contribution in [0.4, 0.5) is 5.69 Å². The summed E-state index contributed by atoms with van der Waals surface area (Å²) in [5.41, 5.74) is 6.45. The third kappa shape index (κ3) is 3.86. The summed E-state index contributed by atoms with van der Waals surface area (Å²) in [7, 11) is 0. The molecule has 1 rings (SSSR count). The number of nitrogens with one attached hydrogen (secondary N) is 1. The van der Waals surface area contributed by atoms with E-state index in [4.69, 9.17) is 22.5 Å². The summed E-state index contributed by atoms with van der Waals surface area (Å²) in [5.74, 6) is -0.241. The molecule has 1 amide bonds. The van der Waals surface area contributed by atoms with E-state index in [9.17, 15) is 4.79 Å². The van der Waals surface area contributed by atoms with Crippen molar-refractivity contribution in [2.75, 3.05) is 5.32 Å². The van der Waals surface area contributed by atoms with Gasteiger partial charge in [0.15, 0.2) is 5.84 Å². The van der Waals surface area contributed by atoms with Crippen molar-refractivity contribution in [2.24, 2.45) is 16.8 Å². The second-order valence-corrected chi connectivity index (χ2v) is 4.61. The Morgan fingerprint density at radius 1 is 1.47 bits per heavy atom. The van der Waals surface area contributed by atoms with Gasteiger partial charge in [0.1, 0.15) is 0 Å². The van der Waals surface area contributed by atoms with E-state index >= 15 is 0 Å². The fourth-order valence-corrected chi connectivity index (χ4v) is 1.96. The van der Waals surface area contributed by atoms with Crippen LogP contribution in [-0.2, 0) is 4.79 Å². The minimum absolute atomic E-state index is 0.0703. The number of amides is 1. The maximum atomic E-state index is 12.1. The van der Waals surface area contributed by atoms with Crippen LogP contribution in [0.2, 0.25) is 5.02 Å². The zero-order valence-electron chi connectivity index (χ0n) is 11.0. The molecule has 19 heavy (non-hydrogen) atoms. The van der Waals surface area contributed by atoms with E-state index in [2.05, 4.69) is 10.5 Å². The maximum absolute atomic E-state index is 12.1. The highest BCUT2D eigenvalue weighted by atomic mass is 35.5. The van der Waals surface area contributed by atoms with Crippen molar-refractivity contribution in [1.29, 1.82) is 0 Å². The number of benzene rings is 1. The van der Waals surface area contributed by atoms with Crippen LogP contribution in [0.1, 0.15) is 32.3 Å². The van der Waals surface area contributed by atoms with Crippen molar-refractivity contribution in [2.45, 2.75) is 26.7 Å². The highest BCUT2D eigenvalue weighted by Gasteiger charge is 2.17. The van der Waals surface area contributed by atoms with E-state index in [0.717, 1.165) is 12.8 Å². The Balaban J connectivity index is 3.05. The molecule has 0 bridgehead atoms. The molecule has 6 heteroatoms. The summed E-state index contributed by atoms with van der Waals surface area (Å²) in [4.78, 5) is 12.1. The Morgan fingerprint density at radius 3 is 2.63 bits per heavy atom. The molecule has 0 spiro atoms. The number of hydrogen-bond donors (Lipinski definition) is 3. The van der Waals surface area contributed by atoms with Gasteiger partial charge < -0.3 is 16.3 Å². The van der Waals surface area contributed by atoms with E-state index in [0.29, 0.717) is 16.3 Å². The molecule has 5 nitrogen and oxygen atoms in total. The Kier molecular flexibility index (Phi) is 5.63. The molecule has 0 unspecified atom stereocenters. The molecule has 0 heterocycles. The number of carbonyl (C=O) groups excluding carboxylic acids is 1. The monoisotopic (exact) mass is 283 g/mol. The number of anilines is 1. The SMILES string of the molecule is CCC(CC)C(=O)Nc1cc(Cl)ccc1C(N)=NO. The molecule has 1 aromatic rings. The molecule has 0 fully saturated rings. The largest absolute Gasteiger partial charge is 0.409 e. The first-order valence-corrected chi connectivity index (χ1v) is 6.49. The maximum Gasteiger partial charge on any atom is 0.227 e. The van der Waals surface area contributed by atoms with Gasteiger partial charge in [-0.1, -0.05) is 30.6 Å². The first-order valence-electron chi connectivity index (χ1n) is 6.11. The van der Waals surface area contributed by atoms with Crippen molar-refractivity contribution in [3.8, 4) is 0 Å². The smallest absolute Gasteiger partial charge is 0.227 e. The van der Waals surface area contributed by atoms with Gasteiger partial charge in [0.25, 0.3) is 0 Å². The molecule has 4 N–H and O–H groups in total. The van der Waals surface area contributed by atoms with Crippen molar-refractivity contribution in [1.82, 2.24) is 0 Å². The lowest BCUT2D eigenvalue weighted by Crippen LogP contribution is -2.24. The number of carbonyl (C=O) groups is 1. The average Bonchev–Trinajstić information content (AvgIpc) is 2.39. The van der Waals surface area contributed by atoms with Gasteiger partial charge in [-0.25, -0.2) is 0 Å². The van der Waals surface area contributed by atoms with Crippen molar-refractivity contribution in [3.63, 3.8) is 0 Å². The van der Waals surface area contributed by atoms with Crippen LogP contribution in [0, 0.1) is 5.92 Å². The van der Waals surface area contributed by atoms with E-state index < -0.39 is 0 Å². The molecule has 0 aliphatic carbocycles. The topological polar surface area (TPSA) is 87.7 Å². The quantitative estimate of drug-likeness (QED) is 0.336. The van der Waals surface area contributed by atoms with Crippen molar-refractivity contribution in [3.05, 3.63) is 28.8 Å². The zero-order chi connectivity index (χ0) is 14.4. The molecular formula is C13H18ClN3O2. The highest BCUT2D eigenvalue weighted by Crippen LogP contribution is 2.22. The van der Waals surface area contributed by atoms with Crippen molar-refractivity contribution < 1.29 is 10.0 Å². The van der Waals surface area contributed by atoms with Gasteiger partial charge in [-0.2, -0.15) is 0 Å². The van der Waals surface area contributed by atoms with E-state index in [-0.39, 0.29) is 17.7 Å². The molecule has 0 atom stereocenters. The molecule has 0 saturated carbocycles. The van der Waals surface area contributed by atoms with Crippen LogP contribution in [0.3, 0.4) is 0 Å². The van der Waals surface area contributed by atoms with Gasteiger partial charge in [-0.15, -0.1) is 0 Å². The van der Waals surface area contributed by atoms with Crippen LogP contribution < -0.4 is 11.1 Å². The zero-order valence-corrected chi connectivity index (χ0v) is 11.7. The summed E-state index contributed by atoms with van der Waals surface area (Å²) in [5, 5.41) is 14.9. The van der Waals surface area contributed by atoms with Gasteiger partial charge in [0.2, 0.25) is 5.91 Å². The summed E-state index contributed by atoms with van der Waals surface area (Å²) in [6.45, 7) is 3.91. The van der Waals surface area contributed by atoms with Crippen LogP contribution in [-0.4, -0.2) is 17.0 Å². The van der Waals surface area contributed by atoms with Crippen LogP contribution >= 0.6 is 11.6 Å². The fourth-order valence-electron chi connectivity index (χ4n) is 1.79. The highest BCUT2D eigenvalue weighted by molar-refractivity contribution is 6.31. The second kappa shape index (κ2) is 6.99. The standard InChI is InChI=1S/C13H18ClN3O2/c1-3-8(4-2)13(18)16-11-7-9(14)5-6-10(11)12(15)17-19/h5-8,19H,3-4H2,1-2H3,(H2,15,17)(H,16,18). The van der Waals surface area contributed by atoms with Crippen molar-refractivity contribution >= 4 is 29.0 Å². The molecule has 0 saturated heterocycles. The molecule has 0 aliphatic rings. The summed E-state index contributed by atoms with van der Waals surface area (Å²) in [6.07, 6.45) is 1.50. The number of hydrogen-bond acceptors (Lipinski definition) is 3. The minimum atomic E-state index is -0.0979.